The van der Waals surface area contributed by atoms with Crippen molar-refractivity contribution in [2.75, 3.05) is 32.8 Å². The number of thiazole rings is 1. The number of amides is 1. The first-order valence-electron chi connectivity index (χ1n) is 12.2. The molecule has 5 rings (SSSR count). The van der Waals surface area contributed by atoms with Gasteiger partial charge in [0.1, 0.15) is 17.3 Å². The number of halogens is 1. The van der Waals surface area contributed by atoms with Crippen LogP contribution in [-0.2, 0) is 9.59 Å². The maximum Gasteiger partial charge on any atom is 0.301 e. The SMILES string of the molecule is CCOc1ccc(C(O)=C2C(=O)C(=O)N(c3nc4ccc(F)cc4s3)[C@@H]2c2cc(OC)c(OC)c(OC)c2)cc1. The summed E-state index contributed by atoms with van der Waals surface area (Å²) in [5.74, 6) is -1.17. The number of hydrogen-bond donors (Lipinski definition) is 1. The first kappa shape index (κ1) is 26.9. The molecule has 1 saturated heterocycles. The number of benzene rings is 3. The Hall–Kier alpha value is -4.64. The van der Waals surface area contributed by atoms with Crippen molar-refractivity contribution >= 4 is 44.1 Å². The van der Waals surface area contributed by atoms with Crippen LogP contribution in [0.25, 0.3) is 16.0 Å². The second-order valence-corrected chi connectivity index (χ2v) is 9.70. The fourth-order valence-corrected chi connectivity index (χ4v) is 5.64. The lowest BCUT2D eigenvalue weighted by Crippen LogP contribution is -2.29. The van der Waals surface area contributed by atoms with Crippen LogP contribution in [0.5, 0.6) is 23.0 Å². The molecule has 0 saturated carbocycles. The zero-order valence-electron chi connectivity index (χ0n) is 22.1. The van der Waals surface area contributed by atoms with Gasteiger partial charge in [-0.15, -0.1) is 0 Å². The van der Waals surface area contributed by atoms with Gasteiger partial charge in [0, 0.05) is 5.56 Å². The quantitative estimate of drug-likeness (QED) is 0.170. The van der Waals surface area contributed by atoms with Gasteiger partial charge in [-0.2, -0.15) is 0 Å². The molecule has 0 radical (unpaired) electrons. The van der Waals surface area contributed by atoms with E-state index in [1.54, 1.807) is 36.4 Å². The van der Waals surface area contributed by atoms with Gasteiger partial charge in [-0.3, -0.25) is 14.5 Å². The number of rotatable bonds is 8. The van der Waals surface area contributed by atoms with Gasteiger partial charge in [0.15, 0.2) is 16.6 Å². The molecule has 1 fully saturated rings. The molecule has 0 unspecified atom stereocenters. The van der Waals surface area contributed by atoms with E-state index in [0.717, 1.165) is 11.3 Å². The largest absolute Gasteiger partial charge is 0.507 e. The van der Waals surface area contributed by atoms with Crippen LogP contribution in [0.4, 0.5) is 9.52 Å². The Morgan fingerprint density at radius 3 is 2.27 bits per heavy atom. The molecule has 2 heterocycles. The molecule has 3 aromatic carbocycles. The minimum absolute atomic E-state index is 0.158. The predicted molar refractivity (Wildman–Crippen MR) is 148 cm³/mol. The number of hydrogen-bond acceptors (Lipinski definition) is 9. The van der Waals surface area contributed by atoms with Crippen LogP contribution in [0.15, 0.2) is 60.2 Å². The number of aromatic nitrogens is 1. The Kier molecular flexibility index (Phi) is 7.31. The number of nitrogens with zero attached hydrogens (tertiary/aromatic N) is 2. The van der Waals surface area contributed by atoms with E-state index >= 15 is 0 Å². The van der Waals surface area contributed by atoms with E-state index in [2.05, 4.69) is 4.98 Å². The normalized spacial score (nSPS) is 16.4. The fourth-order valence-electron chi connectivity index (χ4n) is 4.62. The van der Waals surface area contributed by atoms with Crippen molar-refractivity contribution in [3.05, 3.63) is 77.1 Å². The van der Waals surface area contributed by atoms with Crippen LogP contribution >= 0.6 is 11.3 Å². The summed E-state index contributed by atoms with van der Waals surface area (Å²) in [5, 5.41) is 11.6. The molecule has 0 bridgehead atoms. The summed E-state index contributed by atoms with van der Waals surface area (Å²) in [6.07, 6.45) is 0. The van der Waals surface area contributed by atoms with Crippen molar-refractivity contribution in [3.63, 3.8) is 0 Å². The van der Waals surface area contributed by atoms with E-state index in [4.69, 9.17) is 18.9 Å². The smallest absolute Gasteiger partial charge is 0.301 e. The van der Waals surface area contributed by atoms with Gasteiger partial charge >= 0.3 is 5.91 Å². The number of carbonyl (C=O) groups is 2. The third-order valence-electron chi connectivity index (χ3n) is 6.43. The highest BCUT2D eigenvalue weighted by atomic mass is 32.1. The molecule has 9 nitrogen and oxygen atoms in total. The summed E-state index contributed by atoms with van der Waals surface area (Å²) in [4.78, 5) is 32.8. The van der Waals surface area contributed by atoms with Crippen molar-refractivity contribution < 1.29 is 38.0 Å². The third kappa shape index (κ3) is 4.58. The zero-order chi connectivity index (χ0) is 28.6. The summed E-state index contributed by atoms with van der Waals surface area (Å²) in [7, 11) is 4.35. The molecule has 1 aliphatic rings. The summed E-state index contributed by atoms with van der Waals surface area (Å²) >= 11 is 1.05. The number of ether oxygens (including phenoxy) is 4. The molecule has 40 heavy (non-hydrogen) atoms. The van der Waals surface area contributed by atoms with Gasteiger partial charge in [-0.25, -0.2) is 9.37 Å². The van der Waals surface area contributed by atoms with E-state index in [1.807, 2.05) is 6.92 Å². The van der Waals surface area contributed by atoms with Crippen LogP contribution in [0.3, 0.4) is 0 Å². The Balaban J connectivity index is 1.75. The standard InChI is InChI=1S/C29H25FN2O7S/c1-5-39-18-9-6-15(7-10-18)25(33)23-24(16-12-20(36-2)27(38-4)21(13-16)37-3)32(28(35)26(23)34)29-31-19-11-8-17(30)14-22(19)40-29/h6-14,24,33H,5H2,1-4H3/t24-/m1/s1. The van der Waals surface area contributed by atoms with E-state index < -0.39 is 23.5 Å². The van der Waals surface area contributed by atoms with Crippen LogP contribution in [0.1, 0.15) is 24.1 Å². The van der Waals surface area contributed by atoms with Crippen LogP contribution in [-0.4, -0.2) is 49.7 Å². The van der Waals surface area contributed by atoms with Crippen LogP contribution in [0, 0.1) is 5.82 Å². The highest BCUT2D eigenvalue weighted by Crippen LogP contribution is 2.48. The second-order valence-electron chi connectivity index (χ2n) is 8.69. The number of ketones is 1. The Bertz CT molecular complexity index is 1620. The van der Waals surface area contributed by atoms with Crippen molar-refractivity contribution in [1.82, 2.24) is 4.98 Å². The van der Waals surface area contributed by atoms with E-state index in [1.165, 1.54) is 44.4 Å². The Morgan fingerprint density at radius 1 is 1.00 bits per heavy atom. The van der Waals surface area contributed by atoms with E-state index in [9.17, 15) is 19.1 Å². The molecule has 0 aliphatic carbocycles. The van der Waals surface area contributed by atoms with Gasteiger partial charge in [0.05, 0.1) is 49.8 Å². The molecule has 206 valence electrons. The summed E-state index contributed by atoms with van der Waals surface area (Å²) in [6, 6.07) is 12.7. The maximum absolute atomic E-state index is 13.9. The summed E-state index contributed by atoms with van der Waals surface area (Å²) in [5.41, 5.74) is 1.00. The van der Waals surface area contributed by atoms with E-state index in [0.29, 0.717) is 39.4 Å². The number of aliphatic hydroxyl groups excluding tert-OH is 1. The number of aliphatic hydroxyl groups is 1. The average molecular weight is 565 g/mol. The molecule has 0 spiro atoms. The third-order valence-corrected chi connectivity index (χ3v) is 7.45. The molecule has 1 N–H and O–H groups in total. The van der Waals surface area contributed by atoms with Crippen molar-refractivity contribution in [1.29, 1.82) is 0 Å². The van der Waals surface area contributed by atoms with Crippen molar-refractivity contribution in [2.45, 2.75) is 13.0 Å². The molecular weight excluding hydrogens is 539 g/mol. The van der Waals surface area contributed by atoms with E-state index in [-0.39, 0.29) is 28.0 Å². The highest BCUT2D eigenvalue weighted by molar-refractivity contribution is 7.22. The zero-order valence-corrected chi connectivity index (χ0v) is 22.9. The first-order chi connectivity index (χ1) is 19.3. The summed E-state index contributed by atoms with van der Waals surface area (Å²) < 4.78 is 36.4. The molecule has 1 amide bonds. The molecule has 1 atom stereocenters. The number of carbonyl (C=O) groups excluding carboxylic acids is 2. The number of anilines is 1. The second kappa shape index (κ2) is 10.9. The van der Waals surface area contributed by atoms with Gasteiger partial charge in [0.25, 0.3) is 5.78 Å². The number of methoxy groups -OCH3 is 3. The Morgan fingerprint density at radius 2 is 1.68 bits per heavy atom. The molecule has 11 heteroatoms. The Labute approximate surface area is 233 Å². The van der Waals surface area contributed by atoms with Crippen LogP contribution in [0.2, 0.25) is 0 Å². The van der Waals surface area contributed by atoms with Gasteiger partial charge < -0.3 is 24.1 Å². The maximum atomic E-state index is 13.9. The lowest BCUT2D eigenvalue weighted by atomic mass is 9.94. The highest BCUT2D eigenvalue weighted by Gasteiger charge is 2.48. The number of fused-ring (bicyclic) bond motifs is 1. The molecular formula is C29H25FN2O7S. The number of Topliss-reactive ketones (excluding diaryl/α,β-unsaturated/α-hetero) is 1. The lowest BCUT2D eigenvalue weighted by Gasteiger charge is -2.24. The predicted octanol–water partition coefficient (Wildman–Crippen LogP) is 5.49. The first-order valence-corrected chi connectivity index (χ1v) is 13.0. The molecule has 1 aromatic heterocycles. The topological polar surface area (TPSA) is 107 Å². The van der Waals surface area contributed by atoms with Gasteiger partial charge in [-0.1, -0.05) is 11.3 Å². The van der Waals surface area contributed by atoms with Crippen molar-refractivity contribution in [3.8, 4) is 23.0 Å². The lowest BCUT2D eigenvalue weighted by molar-refractivity contribution is -0.132. The van der Waals surface area contributed by atoms with Crippen molar-refractivity contribution in [2.24, 2.45) is 0 Å². The molecule has 4 aromatic rings. The monoisotopic (exact) mass is 564 g/mol. The van der Waals surface area contributed by atoms with Gasteiger partial charge in [-0.05, 0) is 67.1 Å². The van der Waals surface area contributed by atoms with Gasteiger partial charge in [0.2, 0.25) is 5.75 Å². The molecule has 1 aliphatic heterocycles. The fraction of sp³-hybridized carbons (Fsp3) is 0.207. The minimum atomic E-state index is -1.12. The van der Waals surface area contributed by atoms with Crippen LogP contribution < -0.4 is 23.8 Å². The minimum Gasteiger partial charge on any atom is -0.507 e. The average Bonchev–Trinajstić information content (AvgIpc) is 3.49. The summed E-state index contributed by atoms with van der Waals surface area (Å²) in [6.45, 7) is 2.31.